The maximum absolute atomic E-state index is 13.0. The van der Waals surface area contributed by atoms with Gasteiger partial charge in [0.2, 0.25) is 0 Å². The molecule has 0 saturated heterocycles. The molecule has 3 aromatic rings. The summed E-state index contributed by atoms with van der Waals surface area (Å²) < 4.78 is 22.7. The molecule has 0 saturated carbocycles. The van der Waals surface area contributed by atoms with Crippen LogP contribution in [0.2, 0.25) is 0 Å². The molecule has 0 aliphatic carbocycles. The summed E-state index contributed by atoms with van der Waals surface area (Å²) >= 11 is 1.05. The van der Waals surface area contributed by atoms with Gasteiger partial charge in [-0.1, -0.05) is 17.4 Å². The summed E-state index contributed by atoms with van der Waals surface area (Å²) in [5.74, 6) is 0.265. The normalized spacial score (nSPS) is 11.2. The Hall–Kier alpha value is -3.92. The van der Waals surface area contributed by atoms with Crippen LogP contribution in [0, 0.1) is 0 Å². The summed E-state index contributed by atoms with van der Waals surface area (Å²) in [6, 6.07) is 13.4. The van der Waals surface area contributed by atoms with E-state index in [1.165, 1.54) is 17.7 Å². The van der Waals surface area contributed by atoms with Crippen molar-refractivity contribution in [1.82, 2.24) is 4.57 Å². The number of hydrogen-bond donors (Lipinski definition) is 0. The summed E-state index contributed by atoms with van der Waals surface area (Å²) in [6.07, 6.45) is 0.515. The molecule has 10 heteroatoms. The largest absolute Gasteiger partial charge is 0.490 e. The maximum Gasteiger partial charge on any atom is 0.348 e. The van der Waals surface area contributed by atoms with Crippen LogP contribution in [-0.2, 0) is 22.4 Å². The fourth-order valence-corrected chi connectivity index (χ4v) is 4.41. The molecule has 0 atom stereocenters. The van der Waals surface area contributed by atoms with Gasteiger partial charge in [0, 0.05) is 12.6 Å². The smallest absolute Gasteiger partial charge is 0.348 e. The van der Waals surface area contributed by atoms with Gasteiger partial charge in [-0.25, -0.2) is 14.6 Å². The van der Waals surface area contributed by atoms with Crippen molar-refractivity contribution in [2.24, 2.45) is 4.99 Å². The van der Waals surface area contributed by atoms with Crippen molar-refractivity contribution < 1.29 is 28.5 Å². The number of aryl methyl sites for hydroxylation is 1. The molecular weight excluding hydrogens is 496 g/mol. The van der Waals surface area contributed by atoms with Gasteiger partial charge in [-0.2, -0.15) is 0 Å². The Morgan fingerprint density at radius 3 is 2.24 bits per heavy atom. The zero-order chi connectivity index (χ0) is 26.8. The molecule has 0 bridgehead atoms. The van der Waals surface area contributed by atoms with Gasteiger partial charge in [0.1, 0.15) is 4.88 Å². The van der Waals surface area contributed by atoms with E-state index in [1.807, 2.05) is 32.0 Å². The van der Waals surface area contributed by atoms with E-state index in [0.29, 0.717) is 53.7 Å². The van der Waals surface area contributed by atoms with Gasteiger partial charge >= 0.3 is 11.9 Å². The van der Waals surface area contributed by atoms with Crippen LogP contribution in [0.5, 0.6) is 11.5 Å². The number of aromatic nitrogens is 1. The first-order chi connectivity index (χ1) is 17.9. The van der Waals surface area contributed by atoms with Crippen molar-refractivity contribution in [3.05, 3.63) is 79.7 Å². The van der Waals surface area contributed by atoms with Crippen LogP contribution in [0.1, 0.15) is 46.4 Å². The molecule has 0 spiro atoms. The highest BCUT2D eigenvalue weighted by molar-refractivity contribution is 7.11. The third kappa shape index (κ3) is 7.29. The topological polar surface area (TPSA) is 105 Å². The number of esters is 2. The summed E-state index contributed by atoms with van der Waals surface area (Å²) in [6.45, 7) is 7.16. The molecule has 2 aromatic carbocycles. The summed E-state index contributed by atoms with van der Waals surface area (Å²) in [5, 5.41) is 0. The fraction of sp³-hybridized carbons (Fsp3) is 0.333. The Labute approximate surface area is 218 Å². The average molecular weight is 527 g/mol. The second-order valence-corrected chi connectivity index (χ2v) is 8.66. The standard InChI is InChI=1S/C27H30N2O7S/c1-5-34-21-13-8-18(16-22(21)35-6-2)14-15-29-24(30)17-23(26(32)33-4)37-27(29)28-20-11-9-19(10-12-20)25(31)36-7-3/h8-13,16-17H,5-7,14-15H2,1-4H3. The van der Waals surface area contributed by atoms with Crippen LogP contribution in [-0.4, -0.2) is 43.4 Å². The predicted octanol–water partition coefficient (Wildman–Crippen LogP) is 4.15. The third-order valence-electron chi connectivity index (χ3n) is 5.17. The van der Waals surface area contributed by atoms with E-state index in [4.69, 9.17) is 18.9 Å². The van der Waals surface area contributed by atoms with Crippen molar-refractivity contribution in [3.63, 3.8) is 0 Å². The SMILES string of the molecule is CCOC(=O)c1ccc(N=c2sc(C(=O)OC)cc(=O)n2CCc2ccc(OCC)c(OCC)c2)cc1. The number of ether oxygens (including phenoxy) is 4. The van der Waals surface area contributed by atoms with Crippen LogP contribution in [0.25, 0.3) is 0 Å². The number of methoxy groups -OCH3 is 1. The lowest BCUT2D eigenvalue weighted by Gasteiger charge is -2.13. The van der Waals surface area contributed by atoms with Crippen molar-refractivity contribution >= 4 is 29.0 Å². The van der Waals surface area contributed by atoms with Gasteiger partial charge in [0.05, 0.1) is 38.2 Å². The van der Waals surface area contributed by atoms with E-state index in [-0.39, 0.29) is 17.0 Å². The molecular formula is C27H30N2O7S. The van der Waals surface area contributed by atoms with E-state index in [0.717, 1.165) is 16.9 Å². The van der Waals surface area contributed by atoms with E-state index in [2.05, 4.69) is 4.99 Å². The summed E-state index contributed by atoms with van der Waals surface area (Å²) in [5.41, 5.74) is 1.48. The van der Waals surface area contributed by atoms with Crippen LogP contribution in [0.4, 0.5) is 5.69 Å². The molecule has 3 rings (SSSR count). The number of hydrogen-bond acceptors (Lipinski definition) is 9. The minimum absolute atomic E-state index is 0.144. The fourth-order valence-electron chi connectivity index (χ4n) is 3.45. The van der Waals surface area contributed by atoms with Crippen LogP contribution in [0.3, 0.4) is 0 Å². The van der Waals surface area contributed by atoms with Crippen LogP contribution in [0.15, 0.2) is 58.3 Å². The van der Waals surface area contributed by atoms with Crippen molar-refractivity contribution in [1.29, 1.82) is 0 Å². The molecule has 0 fully saturated rings. The first-order valence-electron chi connectivity index (χ1n) is 11.9. The Bertz CT molecular complexity index is 1360. The number of benzene rings is 2. The van der Waals surface area contributed by atoms with Crippen molar-refractivity contribution in [3.8, 4) is 11.5 Å². The molecule has 1 aromatic heterocycles. The molecule has 37 heavy (non-hydrogen) atoms. The number of rotatable bonds is 11. The van der Waals surface area contributed by atoms with Gasteiger partial charge in [0.25, 0.3) is 5.56 Å². The van der Waals surface area contributed by atoms with E-state index < -0.39 is 11.9 Å². The van der Waals surface area contributed by atoms with Gasteiger partial charge in [-0.15, -0.1) is 0 Å². The maximum atomic E-state index is 13.0. The minimum atomic E-state index is -0.615. The highest BCUT2D eigenvalue weighted by Gasteiger charge is 2.13. The Morgan fingerprint density at radius 1 is 0.892 bits per heavy atom. The lowest BCUT2D eigenvalue weighted by molar-refractivity contribution is 0.0525. The minimum Gasteiger partial charge on any atom is -0.490 e. The molecule has 0 N–H and O–H groups in total. The molecule has 0 aliphatic rings. The Morgan fingerprint density at radius 2 is 1.59 bits per heavy atom. The van der Waals surface area contributed by atoms with Gasteiger partial charge < -0.3 is 18.9 Å². The molecule has 9 nitrogen and oxygen atoms in total. The van der Waals surface area contributed by atoms with Gasteiger partial charge in [-0.3, -0.25) is 9.36 Å². The Kier molecular flexibility index (Phi) is 10.0. The van der Waals surface area contributed by atoms with Crippen molar-refractivity contribution in [2.45, 2.75) is 33.7 Å². The zero-order valence-electron chi connectivity index (χ0n) is 21.3. The lowest BCUT2D eigenvalue weighted by Crippen LogP contribution is -2.33. The summed E-state index contributed by atoms with van der Waals surface area (Å²) in [7, 11) is 1.26. The monoisotopic (exact) mass is 526 g/mol. The van der Waals surface area contributed by atoms with Crippen LogP contribution < -0.4 is 19.8 Å². The average Bonchev–Trinajstić information content (AvgIpc) is 2.89. The van der Waals surface area contributed by atoms with E-state index in [1.54, 1.807) is 31.2 Å². The highest BCUT2D eigenvalue weighted by Crippen LogP contribution is 2.28. The van der Waals surface area contributed by atoms with E-state index in [9.17, 15) is 14.4 Å². The molecule has 1 heterocycles. The zero-order valence-corrected chi connectivity index (χ0v) is 22.1. The first kappa shape index (κ1) is 27.7. The second-order valence-electron chi connectivity index (χ2n) is 7.65. The highest BCUT2D eigenvalue weighted by atomic mass is 32.1. The lowest BCUT2D eigenvalue weighted by atomic mass is 10.1. The molecule has 196 valence electrons. The Balaban J connectivity index is 1.98. The second kappa shape index (κ2) is 13.4. The first-order valence-corrected chi connectivity index (χ1v) is 12.8. The third-order valence-corrected chi connectivity index (χ3v) is 6.17. The number of nitrogens with zero attached hydrogens (tertiary/aromatic N) is 2. The molecule has 0 unspecified atom stereocenters. The summed E-state index contributed by atoms with van der Waals surface area (Å²) in [4.78, 5) is 42.2. The predicted molar refractivity (Wildman–Crippen MR) is 140 cm³/mol. The quantitative estimate of drug-likeness (QED) is 0.346. The molecule has 0 aliphatic heterocycles. The molecule has 0 amide bonds. The van der Waals surface area contributed by atoms with Crippen molar-refractivity contribution in [2.75, 3.05) is 26.9 Å². The number of carbonyl (C=O) groups is 2. The van der Waals surface area contributed by atoms with E-state index >= 15 is 0 Å². The molecule has 0 radical (unpaired) electrons. The van der Waals surface area contributed by atoms with Gasteiger partial charge in [-0.05, 0) is 69.2 Å². The van der Waals surface area contributed by atoms with Crippen LogP contribution >= 0.6 is 11.3 Å². The van der Waals surface area contributed by atoms with Gasteiger partial charge in [0.15, 0.2) is 16.3 Å². The number of carbonyl (C=O) groups excluding carboxylic acids is 2.